The Kier molecular flexibility index (Phi) is 5.29. The van der Waals surface area contributed by atoms with E-state index >= 15 is 0 Å². The number of fused-ring (bicyclic) bond motifs is 1. The molecule has 0 aromatic rings. The highest BCUT2D eigenvalue weighted by atomic mass is 14.6. The van der Waals surface area contributed by atoms with E-state index in [1.54, 1.807) is 0 Å². The summed E-state index contributed by atoms with van der Waals surface area (Å²) < 4.78 is 0. The van der Waals surface area contributed by atoms with Crippen molar-refractivity contribution >= 4 is 0 Å². The van der Waals surface area contributed by atoms with E-state index in [0.29, 0.717) is 0 Å². The van der Waals surface area contributed by atoms with Crippen LogP contribution >= 0.6 is 0 Å². The first-order valence-electron chi connectivity index (χ1n) is 10.7. The summed E-state index contributed by atoms with van der Waals surface area (Å²) in [7, 11) is 0. The normalized spacial score (nSPS) is 45.3. The molecule has 0 amide bonds. The highest BCUT2D eigenvalue weighted by Crippen LogP contribution is 2.68. The van der Waals surface area contributed by atoms with Gasteiger partial charge in [-0.2, -0.15) is 0 Å². The second kappa shape index (κ2) is 6.93. The van der Waals surface area contributed by atoms with Gasteiger partial charge in [-0.25, -0.2) is 0 Å². The van der Waals surface area contributed by atoms with Crippen LogP contribution in [0.2, 0.25) is 0 Å². The van der Waals surface area contributed by atoms with Gasteiger partial charge in [-0.15, -0.1) is 0 Å². The largest absolute Gasteiger partial charge is 0.0854 e. The highest BCUT2D eigenvalue weighted by Gasteiger charge is 2.60. The minimum absolute atomic E-state index is 0.732. The zero-order valence-electron chi connectivity index (χ0n) is 16.4. The van der Waals surface area contributed by atoms with Gasteiger partial charge in [-0.05, 0) is 78.9 Å². The molecule has 0 N–H and O–H groups in total. The molecule has 132 valence electrons. The Hall–Kier alpha value is -0.260. The van der Waals surface area contributed by atoms with Gasteiger partial charge in [0.15, 0.2) is 0 Å². The van der Waals surface area contributed by atoms with Gasteiger partial charge in [-0.3, -0.25) is 0 Å². The average Bonchev–Trinajstić information content (AvgIpc) is 3.25. The van der Waals surface area contributed by atoms with Crippen molar-refractivity contribution in [2.24, 2.45) is 46.8 Å². The summed E-state index contributed by atoms with van der Waals surface area (Å²) in [6.45, 7) is 12.4. The molecule has 3 rings (SSSR count). The Labute approximate surface area is 145 Å². The molecule has 3 aliphatic rings. The zero-order chi connectivity index (χ0) is 16.6. The standard InChI is InChI=1S/C23H40/c1-6-7-8-17(3)19(5)20-10-12-22(18(4)13-20)23-14-16(2)9-11-21(23)15-23/h9,11,16-22H,6-8,10,12-15H2,1-5H3/t16-,17+,18-,19-,20-,21+,22+,23-/m1/s1. The highest BCUT2D eigenvalue weighted by molar-refractivity contribution is 5.20. The summed E-state index contributed by atoms with van der Waals surface area (Å²) >= 11 is 0. The molecule has 0 nitrogen and oxygen atoms in total. The van der Waals surface area contributed by atoms with Crippen LogP contribution < -0.4 is 0 Å². The Bertz CT molecular complexity index is 422. The molecule has 0 aromatic carbocycles. The first kappa shape index (κ1) is 17.6. The molecular weight excluding hydrogens is 276 g/mol. The summed E-state index contributed by atoms with van der Waals surface area (Å²) in [5.41, 5.74) is 0.732. The van der Waals surface area contributed by atoms with Crippen LogP contribution in [0.3, 0.4) is 0 Å². The predicted molar refractivity (Wildman–Crippen MR) is 101 cm³/mol. The van der Waals surface area contributed by atoms with Crippen LogP contribution in [0.25, 0.3) is 0 Å². The summed E-state index contributed by atoms with van der Waals surface area (Å²) in [5.74, 6) is 6.61. The molecule has 0 saturated heterocycles. The van der Waals surface area contributed by atoms with Crippen molar-refractivity contribution in [3.63, 3.8) is 0 Å². The first-order chi connectivity index (χ1) is 11.0. The van der Waals surface area contributed by atoms with Crippen LogP contribution in [0.5, 0.6) is 0 Å². The van der Waals surface area contributed by atoms with Crippen LogP contribution in [0.4, 0.5) is 0 Å². The van der Waals surface area contributed by atoms with Crippen LogP contribution in [-0.4, -0.2) is 0 Å². The lowest BCUT2D eigenvalue weighted by atomic mass is 9.61. The summed E-state index contributed by atoms with van der Waals surface area (Å²) in [6, 6.07) is 0. The van der Waals surface area contributed by atoms with E-state index in [1.807, 2.05) is 0 Å². The van der Waals surface area contributed by atoms with Gasteiger partial charge >= 0.3 is 0 Å². The lowest BCUT2D eigenvalue weighted by Crippen LogP contribution is -2.35. The molecule has 2 saturated carbocycles. The van der Waals surface area contributed by atoms with Crippen LogP contribution in [-0.2, 0) is 0 Å². The molecule has 0 bridgehead atoms. The van der Waals surface area contributed by atoms with Gasteiger partial charge in [0.05, 0.1) is 0 Å². The second-order valence-electron chi connectivity index (χ2n) is 9.75. The fraction of sp³-hybridized carbons (Fsp3) is 0.913. The third kappa shape index (κ3) is 3.42. The molecule has 0 unspecified atom stereocenters. The summed E-state index contributed by atoms with van der Waals surface area (Å²) in [4.78, 5) is 0. The Morgan fingerprint density at radius 2 is 1.87 bits per heavy atom. The maximum atomic E-state index is 2.59. The van der Waals surface area contributed by atoms with Gasteiger partial charge in [0.1, 0.15) is 0 Å². The third-order valence-corrected chi connectivity index (χ3v) is 8.15. The summed E-state index contributed by atoms with van der Waals surface area (Å²) in [5, 5.41) is 0. The van der Waals surface area contributed by atoms with E-state index in [-0.39, 0.29) is 0 Å². The molecule has 0 aliphatic heterocycles. The predicted octanol–water partition coefficient (Wildman–Crippen LogP) is 7.10. The zero-order valence-corrected chi connectivity index (χ0v) is 16.4. The molecule has 0 spiro atoms. The smallest absolute Gasteiger partial charge is 0.0168 e. The van der Waals surface area contributed by atoms with E-state index < -0.39 is 0 Å². The van der Waals surface area contributed by atoms with Crippen molar-refractivity contribution in [3.8, 4) is 0 Å². The molecule has 3 aliphatic carbocycles. The number of hydrogen-bond acceptors (Lipinski definition) is 0. The fourth-order valence-corrected chi connectivity index (χ4v) is 6.44. The molecular formula is C23H40. The van der Waals surface area contributed by atoms with Crippen molar-refractivity contribution in [3.05, 3.63) is 12.2 Å². The van der Waals surface area contributed by atoms with E-state index in [0.717, 1.165) is 46.8 Å². The van der Waals surface area contributed by atoms with Crippen molar-refractivity contribution in [1.29, 1.82) is 0 Å². The molecule has 8 atom stereocenters. The van der Waals surface area contributed by atoms with Crippen LogP contribution in [0.15, 0.2) is 12.2 Å². The lowest BCUT2D eigenvalue weighted by molar-refractivity contribution is 0.0663. The summed E-state index contributed by atoms with van der Waals surface area (Å²) in [6.07, 6.45) is 16.8. The number of allylic oxidation sites excluding steroid dienone is 2. The third-order valence-electron chi connectivity index (χ3n) is 8.15. The minimum Gasteiger partial charge on any atom is -0.0854 e. The molecule has 0 heterocycles. The fourth-order valence-electron chi connectivity index (χ4n) is 6.44. The Balaban J connectivity index is 1.57. The molecule has 0 aromatic heterocycles. The molecule has 0 heteroatoms. The van der Waals surface area contributed by atoms with Gasteiger partial charge in [0.2, 0.25) is 0 Å². The van der Waals surface area contributed by atoms with Gasteiger partial charge in [0, 0.05) is 0 Å². The van der Waals surface area contributed by atoms with E-state index in [1.165, 1.54) is 51.4 Å². The van der Waals surface area contributed by atoms with Crippen molar-refractivity contribution < 1.29 is 0 Å². The van der Waals surface area contributed by atoms with Gasteiger partial charge in [-0.1, -0.05) is 66.0 Å². The average molecular weight is 317 g/mol. The Morgan fingerprint density at radius 3 is 2.57 bits per heavy atom. The SMILES string of the molecule is CCCC[C@H](C)[C@@H](C)[C@@H]1CC[C@H]([C@@]23C[C@H](C)C=C[C@H]2C3)[C@H](C)C1. The maximum Gasteiger partial charge on any atom is -0.0168 e. The topological polar surface area (TPSA) is 0 Å². The molecule has 2 fully saturated rings. The lowest BCUT2D eigenvalue weighted by Gasteiger charge is -2.44. The van der Waals surface area contributed by atoms with Gasteiger partial charge < -0.3 is 0 Å². The second-order valence-corrected chi connectivity index (χ2v) is 9.75. The monoisotopic (exact) mass is 316 g/mol. The Morgan fingerprint density at radius 1 is 1.09 bits per heavy atom. The minimum atomic E-state index is 0.732. The van der Waals surface area contributed by atoms with E-state index in [9.17, 15) is 0 Å². The molecule has 0 radical (unpaired) electrons. The van der Waals surface area contributed by atoms with Gasteiger partial charge in [0.25, 0.3) is 0 Å². The maximum absolute atomic E-state index is 2.59. The van der Waals surface area contributed by atoms with Crippen LogP contribution in [0.1, 0.15) is 86.0 Å². The number of unbranched alkanes of at least 4 members (excludes halogenated alkanes) is 1. The van der Waals surface area contributed by atoms with E-state index in [4.69, 9.17) is 0 Å². The number of rotatable bonds is 6. The van der Waals surface area contributed by atoms with Crippen molar-refractivity contribution in [2.45, 2.75) is 86.0 Å². The van der Waals surface area contributed by atoms with Crippen molar-refractivity contribution in [1.82, 2.24) is 0 Å². The first-order valence-corrected chi connectivity index (χ1v) is 10.7. The van der Waals surface area contributed by atoms with Crippen LogP contribution in [0, 0.1) is 46.8 Å². The quantitative estimate of drug-likeness (QED) is 0.458. The number of hydrogen-bond donors (Lipinski definition) is 0. The molecule has 23 heavy (non-hydrogen) atoms. The van der Waals surface area contributed by atoms with Crippen molar-refractivity contribution in [2.75, 3.05) is 0 Å². The van der Waals surface area contributed by atoms with E-state index in [2.05, 4.69) is 46.8 Å².